The number of nitrogens with one attached hydrogen (secondary N) is 1. The molecule has 1 aromatic rings. The van der Waals surface area contributed by atoms with Gasteiger partial charge in [0, 0.05) is 18.7 Å². The number of rotatable bonds is 4. The van der Waals surface area contributed by atoms with Crippen LogP contribution in [-0.2, 0) is 4.79 Å². The number of fused-ring (bicyclic) bond motifs is 1. The van der Waals surface area contributed by atoms with Crippen LogP contribution in [-0.4, -0.2) is 25.1 Å². The van der Waals surface area contributed by atoms with Crippen LogP contribution in [0.1, 0.15) is 27.7 Å². The van der Waals surface area contributed by atoms with Crippen LogP contribution in [0.4, 0.5) is 17.1 Å². The Morgan fingerprint density at radius 1 is 1.35 bits per heavy atom. The summed E-state index contributed by atoms with van der Waals surface area (Å²) < 4.78 is 5.38. The van der Waals surface area contributed by atoms with Crippen molar-refractivity contribution in [1.82, 2.24) is 0 Å². The van der Waals surface area contributed by atoms with Crippen molar-refractivity contribution < 1.29 is 9.53 Å². The number of carbonyl (C=O) groups is 1. The van der Waals surface area contributed by atoms with Crippen molar-refractivity contribution in [1.29, 1.82) is 0 Å². The van der Waals surface area contributed by atoms with Gasteiger partial charge in [-0.3, -0.25) is 4.79 Å². The van der Waals surface area contributed by atoms with Crippen molar-refractivity contribution in [2.24, 2.45) is 5.92 Å². The van der Waals surface area contributed by atoms with Gasteiger partial charge in [0.1, 0.15) is 5.75 Å². The first-order valence-corrected chi connectivity index (χ1v) is 7.01. The Hall–Kier alpha value is -1.91. The number of amides is 1. The molecule has 0 unspecified atom stereocenters. The zero-order valence-electron chi connectivity index (χ0n) is 12.6. The monoisotopic (exact) mass is 277 g/mol. The molecule has 1 aromatic carbocycles. The van der Waals surface area contributed by atoms with Gasteiger partial charge in [-0.15, -0.1) is 0 Å². The molecule has 1 aliphatic heterocycles. The maximum atomic E-state index is 11.4. The molecule has 0 saturated heterocycles. The first kappa shape index (κ1) is 14.5. The number of nitrogens with zero attached hydrogens (tertiary/aromatic N) is 1. The number of anilines is 3. The fraction of sp³-hybridized carbons (Fsp3) is 0.533. The molecular weight excluding hydrogens is 254 g/mol. The van der Waals surface area contributed by atoms with Crippen LogP contribution < -0.4 is 20.7 Å². The number of ether oxygens (including phenoxy) is 1. The summed E-state index contributed by atoms with van der Waals surface area (Å²) in [7, 11) is 0. The van der Waals surface area contributed by atoms with Crippen molar-refractivity contribution in [3.63, 3.8) is 0 Å². The molecule has 110 valence electrons. The van der Waals surface area contributed by atoms with Crippen LogP contribution in [0.15, 0.2) is 12.1 Å². The minimum Gasteiger partial charge on any atom is -0.482 e. The second-order valence-corrected chi connectivity index (χ2v) is 5.88. The minimum absolute atomic E-state index is 0.0473. The summed E-state index contributed by atoms with van der Waals surface area (Å²) in [6, 6.07) is 4.03. The first-order chi connectivity index (χ1) is 9.38. The van der Waals surface area contributed by atoms with E-state index in [-0.39, 0.29) is 12.5 Å². The number of benzene rings is 1. The van der Waals surface area contributed by atoms with Gasteiger partial charge in [0.05, 0.1) is 17.1 Å². The molecule has 3 N–H and O–H groups in total. The van der Waals surface area contributed by atoms with Gasteiger partial charge in [0.15, 0.2) is 6.61 Å². The molecule has 0 fully saturated rings. The van der Waals surface area contributed by atoms with E-state index >= 15 is 0 Å². The summed E-state index contributed by atoms with van der Waals surface area (Å²) in [6.07, 6.45) is 0. The molecule has 0 spiro atoms. The van der Waals surface area contributed by atoms with Crippen LogP contribution in [0.2, 0.25) is 0 Å². The molecule has 20 heavy (non-hydrogen) atoms. The topological polar surface area (TPSA) is 67.6 Å². The van der Waals surface area contributed by atoms with Crippen LogP contribution >= 0.6 is 0 Å². The predicted molar refractivity (Wildman–Crippen MR) is 82.3 cm³/mol. The van der Waals surface area contributed by atoms with Crippen molar-refractivity contribution in [2.45, 2.75) is 33.7 Å². The summed E-state index contributed by atoms with van der Waals surface area (Å²) >= 11 is 0. The highest BCUT2D eigenvalue weighted by Crippen LogP contribution is 2.37. The molecule has 2 rings (SSSR count). The zero-order valence-corrected chi connectivity index (χ0v) is 12.6. The SMILES string of the molecule is CC(C)CN(c1cc2c(cc1N)OCC(=O)N2)C(C)C. The summed E-state index contributed by atoms with van der Waals surface area (Å²) in [6.45, 7) is 9.58. The number of hydrogen-bond acceptors (Lipinski definition) is 4. The summed E-state index contributed by atoms with van der Waals surface area (Å²) in [5, 5.41) is 2.83. The van der Waals surface area contributed by atoms with Gasteiger partial charge in [0.2, 0.25) is 0 Å². The smallest absolute Gasteiger partial charge is 0.262 e. The third kappa shape index (κ3) is 2.98. The third-order valence-corrected chi connectivity index (χ3v) is 3.26. The molecule has 1 aliphatic rings. The maximum absolute atomic E-state index is 11.4. The molecular formula is C15H23N3O2. The molecule has 0 radical (unpaired) electrons. The lowest BCUT2D eigenvalue weighted by Gasteiger charge is -2.33. The van der Waals surface area contributed by atoms with E-state index in [9.17, 15) is 4.79 Å². The molecule has 0 saturated carbocycles. The molecule has 0 bridgehead atoms. The Kier molecular flexibility index (Phi) is 4.06. The van der Waals surface area contributed by atoms with Crippen LogP contribution in [0, 0.1) is 5.92 Å². The molecule has 0 aliphatic carbocycles. The van der Waals surface area contributed by atoms with E-state index in [0.717, 1.165) is 12.2 Å². The van der Waals surface area contributed by atoms with Crippen molar-refractivity contribution in [3.8, 4) is 5.75 Å². The third-order valence-electron chi connectivity index (χ3n) is 3.26. The van der Waals surface area contributed by atoms with Gasteiger partial charge in [-0.1, -0.05) is 13.8 Å². The Morgan fingerprint density at radius 2 is 2.05 bits per heavy atom. The van der Waals surface area contributed by atoms with Gasteiger partial charge in [0.25, 0.3) is 5.91 Å². The van der Waals surface area contributed by atoms with E-state index < -0.39 is 0 Å². The minimum atomic E-state index is -0.131. The highest BCUT2D eigenvalue weighted by atomic mass is 16.5. The van der Waals surface area contributed by atoms with Gasteiger partial charge in [-0.05, 0) is 25.8 Å². The summed E-state index contributed by atoms with van der Waals surface area (Å²) in [5.74, 6) is 1.03. The zero-order chi connectivity index (χ0) is 14.9. The fourth-order valence-corrected chi connectivity index (χ4v) is 2.36. The fourth-order valence-electron chi connectivity index (χ4n) is 2.36. The first-order valence-electron chi connectivity index (χ1n) is 7.01. The summed E-state index contributed by atoms with van der Waals surface area (Å²) in [4.78, 5) is 13.7. The van der Waals surface area contributed by atoms with Gasteiger partial charge in [-0.2, -0.15) is 0 Å². The molecule has 0 atom stereocenters. The van der Waals surface area contributed by atoms with E-state index in [2.05, 4.69) is 37.9 Å². The van der Waals surface area contributed by atoms with E-state index in [1.807, 2.05) is 6.07 Å². The number of nitrogen functional groups attached to an aromatic ring is 1. The molecule has 1 heterocycles. The van der Waals surface area contributed by atoms with E-state index in [4.69, 9.17) is 10.5 Å². The molecule has 1 amide bonds. The second-order valence-electron chi connectivity index (χ2n) is 5.88. The Labute approximate surface area is 120 Å². The predicted octanol–water partition coefficient (Wildman–Crippen LogP) is 2.47. The average molecular weight is 277 g/mol. The maximum Gasteiger partial charge on any atom is 0.262 e. The van der Waals surface area contributed by atoms with Crippen LogP contribution in [0.5, 0.6) is 5.75 Å². The Balaban J connectivity index is 2.39. The Morgan fingerprint density at radius 3 is 2.65 bits per heavy atom. The normalized spacial score (nSPS) is 14.0. The number of carbonyl (C=O) groups excluding carboxylic acids is 1. The van der Waals surface area contributed by atoms with Crippen LogP contribution in [0.25, 0.3) is 0 Å². The van der Waals surface area contributed by atoms with Crippen molar-refractivity contribution in [2.75, 3.05) is 29.1 Å². The molecule has 0 aromatic heterocycles. The van der Waals surface area contributed by atoms with E-state index in [1.165, 1.54) is 0 Å². The average Bonchev–Trinajstić information content (AvgIpc) is 2.35. The highest BCUT2D eigenvalue weighted by Gasteiger charge is 2.21. The lowest BCUT2D eigenvalue weighted by Crippen LogP contribution is -2.35. The lowest BCUT2D eigenvalue weighted by molar-refractivity contribution is -0.118. The quantitative estimate of drug-likeness (QED) is 0.830. The van der Waals surface area contributed by atoms with E-state index in [1.54, 1.807) is 6.07 Å². The van der Waals surface area contributed by atoms with Gasteiger partial charge >= 0.3 is 0 Å². The number of hydrogen-bond donors (Lipinski definition) is 2. The standard InChI is InChI=1S/C15H23N3O2/c1-9(2)7-18(10(3)4)13-6-12-14(5-11(13)16)20-8-15(19)17-12/h5-6,9-10H,7-8,16H2,1-4H3,(H,17,19). The largest absolute Gasteiger partial charge is 0.482 e. The van der Waals surface area contributed by atoms with E-state index in [0.29, 0.717) is 29.1 Å². The lowest BCUT2D eigenvalue weighted by atomic mass is 10.1. The van der Waals surface area contributed by atoms with Gasteiger partial charge < -0.3 is 20.7 Å². The van der Waals surface area contributed by atoms with Crippen molar-refractivity contribution >= 4 is 23.0 Å². The van der Waals surface area contributed by atoms with Crippen LogP contribution in [0.3, 0.4) is 0 Å². The number of nitrogens with two attached hydrogens (primary N) is 1. The molecule has 5 nitrogen and oxygen atoms in total. The van der Waals surface area contributed by atoms with Crippen molar-refractivity contribution in [3.05, 3.63) is 12.1 Å². The Bertz CT molecular complexity index is 512. The molecule has 5 heteroatoms. The van der Waals surface area contributed by atoms with Gasteiger partial charge in [-0.25, -0.2) is 0 Å². The second kappa shape index (κ2) is 5.61. The highest BCUT2D eigenvalue weighted by molar-refractivity contribution is 5.97. The summed E-state index contributed by atoms with van der Waals surface area (Å²) in [5.41, 5.74) is 8.47.